The van der Waals surface area contributed by atoms with Crippen LogP contribution >= 0.6 is 23.2 Å². The molecule has 0 fully saturated rings. The number of benzene rings is 3. The Kier molecular flexibility index (Phi) is 7.48. The fourth-order valence-corrected chi connectivity index (χ4v) is 4.98. The molecule has 184 valence electrons. The lowest BCUT2D eigenvalue weighted by molar-refractivity contribution is -0.139. The molecule has 36 heavy (non-hydrogen) atoms. The van der Waals surface area contributed by atoms with Gasteiger partial charge in [0, 0.05) is 18.9 Å². The first-order valence-corrected chi connectivity index (χ1v) is 12.2. The van der Waals surface area contributed by atoms with Crippen molar-refractivity contribution < 1.29 is 14.7 Å². The van der Waals surface area contributed by atoms with Gasteiger partial charge in [-0.05, 0) is 41.3 Å². The average molecular weight is 523 g/mol. The molecule has 1 amide bonds. The van der Waals surface area contributed by atoms with E-state index in [1.165, 1.54) is 12.1 Å². The van der Waals surface area contributed by atoms with Crippen molar-refractivity contribution >= 4 is 46.0 Å². The fraction of sp³-hybridized carbons (Fsp3) is 0.179. The van der Waals surface area contributed by atoms with Crippen molar-refractivity contribution in [3.05, 3.63) is 104 Å². The van der Waals surface area contributed by atoms with Crippen LogP contribution in [0.1, 0.15) is 28.4 Å². The van der Waals surface area contributed by atoms with Crippen molar-refractivity contribution in [1.82, 2.24) is 9.88 Å². The van der Waals surface area contributed by atoms with Crippen LogP contribution in [0.2, 0.25) is 10.0 Å². The highest BCUT2D eigenvalue weighted by molar-refractivity contribution is 6.39. The number of hydrogen-bond donors (Lipinski definition) is 2. The van der Waals surface area contributed by atoms with Crippen LogP contribution in [0.15, 0.2) is 71.5 Å². The number of carboxylic acids is 1. The van der Waals surface area contributed by atoms with Crippen molar-refractivity contribution in [2.45, 2.75) is 25.8 Å². The molecule has 0 saturated carbocycles. The number of carboxylic acid groups (broad SMARTS) is 1. The van der Waals surface area contributed by atoms with E-state index < -0.39 is 17.9 Å². The summed E-state index contributed by atoms with van der Waals surface area (Å²) in [5, 5.41) is 13.5. The number of hydrogen-bond acceptors (Lipinski definition) is 3. The molecule has 1 heterocycles. The summed E-state index contributed by atoms with van der Waals surface area (Å²) < 4.78 is 1.65. The average Bonchev–Trinajstić information content (AvgIpc) is 2.86. The molecule has 0 aliphatic rings. The summed E-state index contributed by atoms with van der Waals surface area (Å²) in [6.07, 6.45) is 0.727. The van der Waals surface area contributed by atoms with Gasteiger partial charge in [-0.1, -0.05) is 78.7 Å². The smallest absolute Gasteiger partial charge is 0.326 e. The zero-order valence-corrected chi connectivity index (χ0v) is 21.2. The number of para-hydroxylation sites is 1. The zero-order valence-electron chi connectivity index (χ0n) is 19.7. The summed E-state index contributed by atoms with van der Waals surface area (Å²) in [6.45, 7) is 2.02. The molecule has 0 saturated heterocycles. The minimum absolute atomic E-state index is 0.0293. The molecular weight excluding hydrogens is 499 g/mol. The van der Waals surface area contributed by atoms with Crippen molar-refractivity contribution in [1.29, 1.82) is 0 Å². The number of carbonyl (C=O) groups excluding carboxylic acids is 1. The number of halogens is 2. The SMILES string of the molecule is CCc1c(-c2ccc(C[C@H](NC(=O)c3c(Cl)cccc3Cl)C(=O)O)cc2)c(=O)n(C)c2ccccc12. The van der Waals surface area contributed by atoms with E-state index in [1.807, 2.05) is 43.3 Å². The summed E-state index contributed by atoms with van der Waals surface area (Å²) in [6, 6.07) is 18.4. The normalized spacial score (nSPS) is 11.9. The maximum absolute atomic E-state index is 13.2. The monoisotopic (exact) mass is 522 g/mol. The molecule has 6 nitrogen and oxygen atoms in total. The predicted molar refractivity (Wildman–Crippen MR) is 143 cm³/mol. The third kappa shape index (κ3) is 4.87. The third-order valence-electron chi connectivity index (χ3n) is 6.24. The molecule has 0 radical (unpaired) electrons. The molecular formula is C28H24Cl2N2O4. The number of rotatable bonds is 7. The third-order valence-corrected chi connectivity index (χ3v) is 6.87. The van der Waals surface area contributed by atoms with Gasteiger partial charge in [-0.25, -0.2) is 4.79 Å². The first kappa shape index (κ1) is 25.5. The lowest BCUT2D eigenvalue weighted by Crippen LogP contribution is -2.42. The predicted octanol–water partition coefficient (Wildman–Crippen LogP) is 5.50. The molecule has 0 aliphatic heterocycles. The number of aliphatic carboxylic acids is 1. The van der Waals surface area contributed by atoms with Gasteiger partial charge in [0.15, 0.2) is 0 Å². The highest BCUT2D eigenvalue weighted by Gasteiger charge is 2.24. The molecule has 0 spiro atoms. The molecule has 4 rings (SSSR count). The second kappa shape index (κ2) is 10.6. The Morgan fingerprint density at radius 1 is 0.972 bits per heavy atom. The summed E-state index contributed by atoms with van der Waals surface area (Å²) in [7, 11) is 1.76. The summed E-state index contributed by atoms with van der Waals surface area (Å²) in [5.74, 6) is -1.85. The van der Waals surface area contributed by atoms with Crippen LogP contribution in [0.3, 0.4) is 0 Å². The van der Waals surface area contributed by atoms with E-state index in [4.69, 9.17) is 23.2 Å². The number of pyridine rings is 1. The minimum atomic E-state index is -1.20. The summed E-state index contributed by atoms with van der Waals surface area (Å²) in [5.41, 5.74) is 3.84. The largest absolute Gasteiger partial charge is 0.480 e. The molecule has 0 bridgehead atoms. The van der Waals surface area contributed by atoms with E-state index in [0.29, 0.717) is 17.5 Å². The van der Waals surface area contributed by atoms with Gasteiger partial charge in [0.25, 0.3) is 11.5 Å². The maximum Gasteiger partial charge on any atom is 0.326 e. The van der Waals surface area contributed by atoms with E-state index in [2.05, 4.69) is 5.32 Å². The van der Waals surface area contributed by atoms with Crippen LogP contribution in [0, 0.1) is 0 Å². The molecule has 4 aromatic rings. The van der Waals surface area contributed by atoms with E-state index in [9.17, 15) is 19.5 Å². The van der Waals surface area contributed by atoms with Gasteiger partial charge in [-0.15, -0.1) is 0 Å². The van der Waals surface area contributed by atoms with Crippen molar-refractivity contribution in [3.8, 4) is 11.1 Å². The van der Waals surface area contributed by atoms with Crippen LogP contribution in [-0.2, 0) is 24.7 Å². The lowest BCUT2D eigenvalue weighted by Gasteiger charge is -2.17. The van der Waals surface area contributed by atoms with E-state index in [-0.39, 0.29) is 27.6 Å². The molecule has 2 N–H and O–H groups in total. The zero-order chi connectivity index (χ0) is 26.0. The van der Waals surface area contributed by atoms with Gasteiger partial charge in [-0.3, -0.25) is 9.59 Å². The first-order valence-electron chi connectivity index (χ1n) is 11.4. The highest BCUT2D eigenvalue weighted by Crippen LogP contribution is 2.28. The highest BCUT2D eigenvalue weighted by atomic mass is 35.5. The van der Waals surface area contributed by atoms with Crippen molar-refractivity contribution in [2.75, 3.05) is 0 Å². The van der Waals surface area contributed by atoms with Crippen LogP contribution in [-0.4, -0.2) is 27.6 Å². The Labute approximate surface area is 218 Å². The number of carbonyl (C=O) groups is 2. The van der Waals surface area contributed by atoms with Gasteiger partial charge in [0.1, 0.15) is 6.04 Å². The van der Waals surface area contributed by atoms with E-state index in [1.54, 1.807) is 29.8 Å². The maximum atomic E-state index is 13.2. The first-order chi connectivity index (χ1) is 17.2. The van der Waals surface area contributed by atoms with Gasteiger partial charge in [0.05, 0.1) is 26.7 Å². The van der Waals surface area contributed by atoms with Gasteiger partial charge < -0.3 is 15.0 Å². The van der Waals surface area contributed by atoms with Gasteiger partial charge in [-0.2, -0.15) is 0 Å². The van der Waals surface area contributed by atoms with Crippen LogP contribution < -0.4 is 10.9 Å². The van der Waals surface area contributed by atoms with Crippen molar-refractivity contribution in [2.24, 2.45) is 7.05 Å². The second-order valence-electron chi connectivity index (χ2n) is 8.45. The topological polar surface area (TPSA) is 88.4 Å². The van der Waals surface area contributed by atoms with Crippen LogP contribution in [0.5, 0.6) is 0 Å². The number of nitrogens with one attached hydrogen (secondary N) is 1. The van der Waals surface area contributed by atoms with Gasteiger partial charge in [0.2, 0.25) is 0 Å². The molecule has 1 aromatic heterocycles. The lowest BCUT2D eigenvalue weighted by atomic mass is 9.94. The number of nitrogens with zero attached hydrogens (tertiary/aromatic N) is 1. The molecule has 0 aliphatic carbocycles. The summed E-state index contributed by atoms with van der Waals surface area (Å²) in [4.78, 5) is 37.8. The van der Waals surface area contributed by atoms with Crippen LogP contribution in [0.4, 0.5) is 0 Å². The summed E-state index contributed by atoms with van der Waals surface area (Å²) >= 11 is 12.2. The van der Waals surface area contributed by atoms with E-state index >= 15 is 0 Å². The quantitative estimate of drug-likeness (QED) is 0.335. The van der Waals surface area contributed by atoms with E-state index in [0.717, 1.165) is 22.0 Å². The Hall–Kier alpha value is -3.61. The Balaban J connectivity index is 1.63. The number of amides is 1. The Bertz CT molecular complexity index is 1510. The van der Waals surface area contributed by atoms with Crippen molar-refractivity contribution in [3.63, 3.8) is 0 Å². The molecule has 3 aromatic carbocycles. The van der Waals surface area contributed by atoms with Gasteiger partial charge >= 0.3 is 5.97 Å². The fourth-order valence-electron chi connectivity index (χ4n) is 4.42. The molecule has 1 atom stereocenters. The minimum Gasteiger partial charge on any atom is -0.480 e. The Morgan fingerprint density at radius 3 is 2.22 bits per heavy atom. The Morgan fingerprint density at radius 2 is 1.61 bits per heavy atom. The molecule has 8 heteroatoms. The standard InChI is InChI=1S/C28H24Cl2N2O4/c1-3-18-19-7-4-5-10-23(19)32(2)27(34)24(18)17-13-11-16(12-14-17)15-22(28(35)36)31-26(33)25-20(29)8-6-9-21(25)30/h4-14,22H,3,15H2,1-2H3,(H,31,33)(H,35,36)/t22-/m0/s1. The number of aromatic nitrogens is 1. The second-order valence-corrected chi connectivity index (χ2v) is 9.26. The number of aryl methyl sites for hydroxylation is 2. The molecule has 0 unspecified atom stereocenters. The van der Waals surface area contributed by atoms with Crippen LogP contribution in [0.25, 0.3) is 22.0 Å². The number of fused-ring (bicyclic) bond motifs is 1.